The predicted octanol–water partition coefficient (Wildman–Crippen LogP) is 1.90. The van der Waals surface area contributed by atoms with Gasteiger partial charge in [-0.05, 0) is 31.0 Å². The lowest BCUT2D eigenvalue weighted by molar-refractivity contribution is 0.0282. The van der Waals surface area contributed by atoms with Gasteiger partial charge in [0.1, 0.15) is 5.82 Å². The average Bonchev–Trinajstić information content (AvgIpc) is 2.41. The first kappa shape index (κ1) is 13.5. The largest absolute Gasteiger partial charge is 0.380 e. The van der Waals surface area contributed by atoms with E-state index in [1.54, 1.807) is 7.11 Å². The number of halogens is 1. The van der Waals surface area contributed by atoms with Crippen LogP contribution in [0.2, 0.25) is 0 Å². The Morgan fingerprint density at radius 3 is 3.00 bits per heavy atom. The van der Waals surface area contributed by atoms with E-state index in [9.17, 15) is 4.39 Å². The maximum atomic E-state index is 13.9. The molecule has 1 aromatic rings. The number of ether oxygens (including phenoxy) is 1. The fourth-order valence-electron chi connectivity index (χ4n) is 2.44. The zero-order valence-electron chi connectivity index (χ0n) is 10.9. The second-order valence-electron chi connectivity index (χ2n) is 4.86. The Labute approximate surface area is 108 Å². The first-order valence-electron chi connectivity index (χ1n) is 6.45. The van der Waals surface area contributed by atoms with Crippen LogP contribution in [-0.4, -0.2) is 31.2 Å². The number of rotatable bonds is 4. The Kier molecular flexibility index (Phi) is 4.69. The van der Waals surface area contributed by atoms with E-state index in [1.165, 1.54) is 6.07 Å². The standard InChI is InChI=1S/C14H21FN2O/c1-18-13-3-2-6-17(10-13)9-12-5-4-11(8-16)7-14(12)15/h4-5,7,13H,2-3,6,8-10,16H2,1H3. The van der Waals surface area contributed by atoms with Gasteiger partial charge in [0.05, 0.1) is 6.10 Å². The lowest BCUT2D eigenvalue weighted by atomic mass is 10.1. The summed E-state index contributed by atoms with van der Waals surface area (Å²) in [6, 6.07) is 5.27. The first-order chi connectivity index (χ1) is 8.72. The molecule has 0 saturated carbocycles. The molecule has 1 atom stereocenters. The van der Waals surface area contributed by atoms with Crippen LogP contribution in [0.4, 0.5) is 4.39 Å². The maximum Gasteiger partial charge on any atom is 0.128 e. The van der Waals surface area contributed by atoms with Crippen molar-refractivity contribution >= 4 is 0 Å². The molecule has 2 N–H and O–H groups in total. The average molecular weight is 252 g/mol. The minimum absolute atomic E-state index is 0.155. The normalized spacial score (nSPS) is 21.2. The van der Waals surface area contributed by atoms with Gasteiger partial charge in [-0.3, -0.25) is 4.90 Å². The van der Waals surface area contributed by atoms with Crippen LogP contribution in [0.25, 0.3) is 0 Å². The summed E-state index contributed by atoms with van der Waals surface area (Å²) < 4.78 is 19.2. The number of likely N-dealkylation sites (tertiary alicyclic amines) is 1. The molecule has 1 fully saturated rings. The summed E-state index contributed by atoms with van der Waals surface area (Å²) in [5, 5.41) is 0. The van der Waals surface area contributed by atoms with E-state index in [-0.39, 0.29) is 11.9 Å². The van der Waals surface area contributed by atoms with Gasteiger partial charge < -0.3 is 10.5 Å². The Morgan fingerprint density at radius 2 is 2.33 bits per heavy atom. The molecule has 1 aromatic carbocycles. The molecular weight excluding hydrogens is 231 g/mol. The molecule has 3 nitrogen and oxygen atoms in total. The molecule has 0 bridgehead atoms. The van der Waals surface area contributed by atoms with Crippen LogP contribution >= 0.6 is 0 Å². The van der Waals surface area contributed by atoms with Crippen LogP contribution in [0.5, 0.6) is 0 Å². The third-order valence-electron chi connectivity index (χ3n) is 3.54. The predicted molar refractivity (Wildman–Crippen MR) is 69.6 cm³/mol. The van der Waals surface area contributed by atoms with Gasteiger partial charge >= 0.3 is 0 Å². The van der Waals surface area contributed by atoms with E-state index in [0.717, 1.165) is 37.1 Å². The smallest absolute Gasteiger partial charge is 0.128 e. The van der Waals surface area contributed by atoms with Crippen LogP contribution in [-0.2, 0) is 17.8 Å². The molecule has 1 saturated heterocycles. The minimum Gasteiger partial charge on any atom is -0.380 e. The second kappa shape index (κ2) is 6.27. The Hall–Kier alpha value is -0.970. The van der Waals surface area contributed by atoms with Crippen molar-refractivity contribution in [3.8, 4) is 0 Å². The molecule has 1 aliphatic rings. The summed E-state index contributed by atoms with van der Waals surface area (Å²) in [5.41, 5.74) is 7.07. The Morgan fingerprint density at radius 1 is 1.50 bits per heavy atom. The molecule has 1 aliphatic heterocycles. The van der Waals surface area contributed by atoms with Gasteiger partial charge in [0.15, 0.2) is 0 Å². The molecule has 1 heterocycles. The molecule has 1 unspecified atom stereocenters. The van der Waals surface area contributed by atoms with Gasteiger partial charge in [-0.15, -0.1) is 0 Å². The molecule has 0 radical (unpaired) electrons. The molecule has 100 valence electrons. The SMILES string of the molecule is COC1CCCN(Cc2ccc(CN)cc2F)C1. The number of piperidine rings is 1. The van der Waals surface area contributed by atoms with Gasteiger partial charge in [-0.2, -0.15) is 0 Å². The van der Waals surface area contributed by atoms with Crippen molar-refractivity contribution in [2.24, 2.45) is 5.73 Å². The summed E-state index contributed by atoms with van der Waals surface area (Å²) in [5.74, 6) is -0.155. The van der Waals surface area contributed by atoms with Gasteiger partial charge in [0.25, 0.3) is 0 Å². The van der Waals surface area contributed by atoms with E-state index in [2.05, 4.69) is 4.90 Å². The summed E-state index contributed by atoms with van der Waals surface area (Å²) >= 11 is 0. The van der Waals surface area contributed by atoms with Crippen molar-refractivity contribution in [1.82, 2.24) is 4.90 Å². The highest BCUT2D eigenvalue weighted by atomic mass is 19.1. The number of benzene rings is 1. The fourth-order valence-corrected chi connectivity index (χ4v) is 2.44. The molecular formula is C14H21FN2O. The van der Waals surface area contributed by atoms with Crippen LogP contribution in [0.1, 0.15) is 24.0 Å². The second-order valence-corrected chi connectivity index (χ2v) is 4.86. The number of hydrogen-bond acceptors (Lipinski definition) is 3. The lowest BCUT2D eigenvalue weighted by Crippen LogP contribution is -2.38. The molecule has 0 aliphatic carbocycles. The van der Waals surface area contributed by atoms with Gasteiger partial charge in [-0.1, -0.05) is 12.1 Å². The van der Waals surface area contributed by atoms with Crippen LogP contribution in [0, 0.1) is 5.82 Å². The van der Waals surface area contributed by atoms with Crippen LogP contribution in [0.3, 0.4) is 0 Å². The number of nitrogens with two attached hydrogens (primary N) is 1. The van der Waals surface area contributed by atoms with Crippen molar-refractivity contribution in [2.75, 3.05) is 20.2 Å². The molecule has 2 rings (SSSR count). The number of hydrogen-bond donors (Lipinski definition) is 1. The third kappa shape index (κ3) is 3.28. The van der Waals surface area contributed by atoms with E-state index in [1.807, 2.05) is 12.1 Å². The van der Waals surface area contributed by atoms with E-state index in [0.29, 0.717) is 13.1 Å². The quantitative estimate of drug-likeness (QED) is 0.889. The Balaban J connectivity index is 2.00. The third-order valence-corrected chi connectivity index (χ3v) is 3.54. The lowest BCUT2D eigenvalue weighted by Gasteiger charge is -2.31. The van der Waals surface area contributed by atoms with Gasteiger partial charge in [0, 0.05) is 32.3 Å². The summed E-state index contributed by atoms with van der Waals surface area (Å²) in [6.45, 7) is 2.93. The maximum absolute atomic E-state index is 13.9. The highest BCUT2D eigenvalue weighted by Crippen LogP contribution is 2.18. The zero-order chi connectivity index (χ0) is 13.0. The summed E-state index contributed by atoms with van der Waals surface area (Å²) in [7, 11) is 1.74. The summed E-state index contributed by atoms with van der Waals surface area (Å²) in [4.78, 5) is 2.25. The van der Waals surface area contributed by atoms with Crippen LogP contribution < -0.4 is 5.73 Å². The highest BCUT2D eigenvalue weighted by Gasteiger charge is 2.20. The molecule has 4 heteroatoms. The number of nitrogens with zero attached hydrogens (tertiary/aromatic N) is 1. The minimum atomic E-state index is -0.155. The van der Waals surface area contributed by atoms with Crippen LogP contribution in [0.15, 0.2) is 18.2 Å². The van der Waals surface area contributed by atoms with E-state index < -0.39 is 0 Å². The van der Waals surface area contributed by atoms with Crippen molar-refractivity contribution in [1.29, 1.82) is 0 Å². The van der Waals surface area contributed by atoms with E-state index in [4.69, 9.17) is 10.5 Å². The Bertz CT molecular complexity index is 397. The van der Waals surface area contributed by atoms with Gasteiger partial charge in [0.2, 0.25) is 0 Å². The zero-order valence-corrected chi connectivity index (χ0v) is 10.9. The van der Waals surface area contributed by atoms with Gasteiger partial charge in [-0.25, -0.2) is 4.39 Å². The van der Waals surface area contributed by atoms with E-state index >= 15 is 0 Å². The first-order valence-corrected chi connectivity index (χ1v) is 6.45. The molecule has 0 spiro atoms. The van der Waals surface area contributed by atoms with Crippen molar-refractivity contribution < 1.29 is 9.13 Å². The highest BCUT2D eigenvalue weighted by molar-refractivity contribution is 5.24. The van der Waals surface area contributed by atoms with Crippen molar-refractivity contribution in [3.63, 3.8) is 0 Å². The molecule has 0 aromatic heterocycles. The summed E-state index contributed by atoms with van der Waals surface area (Å²) in [6.07, 6.45) is 2.49. The fraction of sp³-hybridized carbons (Fsp3) is 0.571. The monoisotopic (exact) mass is 252 g/mol. The van der Waals surface area contributed by atoms with Crippen molar-refractivity contribution in [2.45, 2.75) is 32.0 Å². The topological polar surface area (TPSA) is 38.5 Å². The molecule has 18 heavy (non-hydrogen) atoms. The molecule has 0 amide bonds. The van der Waals surface area contributed by atoms with Crippen molar-refractivity contribution in [3.05, 3.63) is 35.1 Å². The number of methoxy groups -OCH3 is 1.